The van der Waals surface area contributed by atoms with Crippen LogP contribution in [0.5, 0.6) is 5.75 Å². The van der Waals surface area contributed by atoms with E-state index >= 15 is 0 Å². The standard InChI is InChI=1S/C34H27ClN2O4/c1-20-17-23(15-16-28(20)41-19-22-9-4-3-5-10-22)32(38)30-31(29-21(2)36-27-14-7-6-13-26(27)29)37(34(40)33(30)39)25-12-8-11-24(35)18-25/h3-18,31,36,38H,19H2,1-2H3/b32-30+. The number of fused-ring (bicyclic) bond motifs is 1. The lowest BCUT2D eigenvalue weighted by molar-refractivity contribution is -0.132. The third-order valence-electron chi connectivity index (χ3n) is 7.43. The number of Topliss-reactive ketones (excluding diaryl/α,β-unsaturated/α-hetero) is 1. The predicted octanol–water partition coefficient (Wildman–Crippen LogP) is 7.64. The highest BCUT2D eigenvalue weighted by atomic mass is 35.5. The number of para-hydroxylation sites is 1. The summed E-state index contributed by atoms with van der Waals surface area (Å²) in [5.41, 5.74) is 5.11. The number of rotatable bonds is 6. The number of nitrogens with zero attached hydrogens (tertiary/aromatic N) is 1. The first kappa shape index (κ1) is 26.4. The van der Waals surface area contributed by atoms with Crippen LogP contribution in [0.25, 0.3) is 16.7 Å². The van der Waals surface area contributed by atoms with E-state index in [1.165, 1.54) is 4.90 Å². The number of ether oxygens (including phenoxy) is 1. The number of aryl methyl sites for hydroxylation is 2. The second-order valence-corrected chi connectivity index (χ2v) is 10.5. The lowest BCUT2D eigenvalue weighted by atomic mass is 9.92. The molecule has 0 spiro atoms. The summed E-state index contributed by atoms with van der Waals surface area (Å²) in [5, 5.41) is 13.0. The lowest BCUT2D eigenvalue weighted by Crippen LogP contribution is -2.29. The summed E-state index contributed by atoms with van der Waals surface area (Å²) in [7, 11) is 0. The summed E-state index contributed by atoms with van der Waals surface area (Å²) in [6, 6.07) is 28.7. The van der Waals surface area contributed by atoms with Gasteiger partial charge in [-0.3, -0.25) is 14.5 Å². The molecule has 1 saturated heterocycles. The van der Waals surface area contributed by atoms with Crippen LogP contribution in [0.15, 0.2) is 103 Å². The predicted molar refractivity (Wildman–Crippen MR) is 161 cm³/mol. The minimum absolute atomic E-state index is 0.0141. The molecular weight excluding hydrogens is 536 g/mol. The van der Waals surface area contributed by atoms with Crippen molar-refractivity contribution in [3.05, 3.63) is 136 Å². The number of aliphatic hydroxyl groups excluding tert-OH is 1. The van der Waals surface area contributed by atoms with Crippen molar-refractivity contribution in [3.8, 4) is 5.75 Å². The number of aliphatic hydroxyl groups is 1. The van der Waals surface area contributed by atoms with E-state index in [9.17, 15) is 14.7 Å². The van der Waals surface area contributed by atoms with Crippen LogP contribution >= 0.6 is 11.6 Å². The Balaban J connectivity index is 1.48. The number of carbonyl (C=O) groups excluding carboxylic acids is 2. The summed E-state index contributed by atoms with van der Waals surface area (Å²) in [6.07, 6.45) is 0. The fourth-order valence-electron chi connectivity index (χ4n) is 5.50. The van der Waals surface area contributed by atoms with Gasteiger partial charge < -0.3 is 14.8 Å². The van der Waals surface area contributed by atoms with Crippen molar-refractivity contribution < 1.29 is 19.4 Å². The number of hydrogen-bond donors (Lipinski definition) is 2. The molecule has 0 aliphatic carbocycles. The SMILES string of the molecule is Cc1cc(/C(O)=C2\C(=O)C(=O)N(c3cccc(Cl)c3)C2c2c(C)[nH]c3ccccc23)ccc1OCc1ccccc1. The molecule has 1 amide bonds. The zero-order valence-electron chi connectivity index (χ0n) is 22.5. The normalized spacial score (nSPS) is 16.5. The number of carbonyl (C=O) groups is 2. The number of ketones is 1. The monoisotopic (exact) mass is 562 g/mol. The number of amides is 1. The largest absolute Gasteiger partial charge is 0.507 e. The average Bonchev–Trinajstić information content (AvgIpc) is 3.44. The maximum atomic E-state index is 13.7. The van der Waals surface area contributed by atoms with Crippen LogP contribution < -0.4 is 9.64 Å². The molecule has 1 unspecified atom stereocenters. The molecule has 41 heavy (non-hydrogen) atoms. The van der Waals surface area contributed by atoms with Gasteiger partial charge in [-0.25, -0.2) is 0 Å². The lowest BCUT2D eigenvalue weighted by Gasteiger charge is -2.26. The number of anilines is 1. The topological polar surface area (TPSA) is 82.6 Å². The quantitative estimate of drug-likeness (QED) is 0.126. The highest BCUT2D eigenvalue weighted by molar-refractivity contribution is 6.52. The molecule has 6 rings (SSSR count). The van der Waals surface area contributed by atoms with Gasteiger partial charge >= 0.3 is 0 Å². The Morgan fingerprint density at radius 2 is 1.68 bits per heavy atom. The average molecular weight is 563 g/mol. The Labute approximate surface area is 242 Å². The van der Waals surface area contributed by atoms with Gasteiger partial charge in [-0.05, 0) is 67.4 Å². The highest BCUT2D eigenvalue weighted by Crippen LogP contribution is 2.46. The molecule has 0 bridgehead atoms. The van der Waals surface area contributed by atoms with Crippen molar-refractivity contribution in [1.29, 1.82) is 0 Å². The molecule has 7 heteroatoms. The first-order chi connectivity index (χ1) is 19.8. The number of halogens is 1. The van der Waals surface area contributed by atoms with Gasteiger partial charge in [-0.15, -0.1) is 0 Å². The van der Waals surface area contributed by atoms with E-state index in [-0.39, 0.29) is 11.3 Å². The van der Waals surface area contributed by atoms with Crippen molar-refractivity contribution in [1.82, 2.24) is 4.98 Å². The highest BCUT2D eigenvalue weighted by Gasteiger charge is 2.48. The van der Waals surface area contributed by atoms with Crippen molar-refractivity contribution in [3.63, 3.8) is 0 Å². The van der Waals surface area contributed by atoms with Crippen molar-refractivity contribution in [2.24, 2.45) is 0 Å². The first-order valence-corrected chi connectivity index (χ1v) is 13.6. The zero-order chi connectivity index (χ0) is 28.7. The number of benzene rings is 4. The molecule has 4 aromatic carbocycles. The van der Waals surface area contributed by atoms with E-state index in [1.807, 2.05) is 68.4 Å². The summed E-state index contributed by atoms with van der Waals surface area (Å²) in [4.78, 5) is 32.1. The van der Waals surface area contributed by atoms with Crippen LogP contribution in [0.2, 0.25) is 5.02 Å². The second-order valence-electron chi connectivity index (χ2n) is 10.1. The minimum Gasteiger partial charge on any atom is -0.507 e. The van der Waals surface area contributed by atoms with Crippen LogP contribution in [0.3, 0.4) is 0 Å². The van der Waals surface area contributed by atoms with Gasteiger partial charge in [-0.1, -0.05) is 66.2 Å². The van der Waals surface area contributed by atoms with Crippen molar-refractivity contribution >= 4 is 45.6 Å². The Morgan fingerprint density at radius 3 is 2.44 bits per heavy atom. The van der Waals surface area contributed by atoms with E-state index in [0.29, 0.717) is 28.6 Å². The zero-order valence-corrected chi connectivity index (χ0v) is 23.3. The molecule has 2 N–H and O–H groups in total. The summed E-state index contributed by atoms with van der Waals surface area (Å²) < 4.78 is 6.01. The van der Waals surface area contributed by atoms with Crippen LogP contribution in [-0.4, -0.2) is 21.8 Å². The van der Waals surface area contributed by atoms with Crippen molar-refractivity contribution in [2.45, 2.75) is 26.5 Å². The van der Waals surface area contributed by atoms with Crippen molar-refractivity contribution in [2.75, 3.05) is 4.90 Å². The smallest absolute Gasteiger partial charge is 0.300 e. The summed E-state index contributed by atoms with van der Waals surface area (Å²) >= 11 is 6.30. The molecule has 1 aromatic heterocycles. The van der Waals surface area contributed by atoms with E-state index in [2.05, 4.69) is 4.98 Å². The van der Waals surface area contributed by atoms with Crippen LogP contribution in [0, 0.1) is 13.8 Å². The Hall–Kier alpha value is -4.81. The Bertz CT molecular complexity index is 1840. The fourth-order valence-corrected chi connectivity index (χ4v) is 5.68. The Kier molecular flexibility index (Phi) is 6.85. The van der Waals surface area contributed by atoms with Crippen LogP contribution in [0.1, 0.15) is 34.0 Å². The van der Waals surface area contributed by atoms with E-state index < -0.39 is 17.7 Å². The molecule has 2 heterocycles. The maximum absolute atomic E-state index is 13.7. The van der Waals surface area contributed by atoms with Gasteiger partial charge in [0.2, 0.25) is 0 Å². The molecule has 0 saturated carbocycles. The number of hydrogen-bond acceptors (Lipinski definition) is 4. The Morgan fingerprint density at radius 1 is 0.927 bits per heavy atom. The summed E-state index contributed by atoms with van der Waals surface area (Å²) in [5.74, 6) is -1.09. The van der Waals surface area contributed by atoms with E-state index in [0.717, 1.165) is 33.3 Å². The molecular formula is C34H27ClN2O4. The minimum atomic E-state index is -0.876. The number of nitrogens with one attached hydrogen (secondary N) is 1. The number of H-pyrrole nitrogens is 1. The molecule has 1 aliphatic rings. The maximum Gasteiger partial charge on any atom is 0.300 e. The van der Waals surface area contributed by atoms with Gasteiger partial charge in [0, 0.05) is 38.4 Å². The molecule has 204 valence electrons. The van der Waals surface area contributed by atoms with E-state index in [4.69, 9.17) is 16.3 Å². The molecule has 0 radical (unpaired) electrons. The first-order valence-electron chi connectivity index (χ1n) is 13.2. The second kappa shape index (κ2) is 10.6. The number of aromatic nitrogens is 1. The van der Waals surface area contributed by atoms with Gasteiger partial charge in [0.1, 0.15) is 18.1 Å². The van der Waals surface area contributed by atoms with Gasteiger partial charge in [0.05, 0.1) is 11.6 Å². The fraction of sp³-hybridized carbons (Fsp3) is 0.118. The third-order valence-corrected chi connectivity index (χ3v) is 7.67. The van der Waals surface area contributed by atoms with Gasteiger partial charge in [0.15, 0.2) is 0 Å². The van der Waals surface area contributed by atoms with E-state index in [1.54, 1.807) is 42.5 Å². The molecule has 5 aromatic rings. The third kappa shape index (κ3) is 4.77. The molecule has 1 atom stereocenters. The van der Waals surface area contributed by atoms with Gasteiger partial charge in [-0.2, -0.15) is 0 Å². The molecule has 1 aliphatic heterocycles. The van der Waals surface area contributed by atoms with Gasteiger partial charge in [0.25, 0.3) is 11.7 Å². The molecule has 1 fully saturated rings. The molecule has 6 nitrogen and oxygen atoms in total. The van der Waals surface area contributed by atoms with Crippen LogP contribution in [0.4, 0.5) is 5.69 Å². The van der Waals surface area contributed by atoms with Crippen LogP contribution in [-0.2, 0) is 16.2 Å². The summed E-state index contributed by atoms with van der Waals surface area (Å²) in [6.45, 7) is 4.18. The number of aromatic amines is 1.